The number of aromatic nitrogens is 1. The van der Waals surface area contributed by atoms with Crippen LogP contribution in [0.25, 0.3) is 93.5 Å². The maximum atomic E-state index is 2.48. The van der Waals surface area contributed by atoms with Crippen molar-refractivity contribution in [2.75, 3.05) is 0 Å². The molecule has 0 bridgehead atoms. The third-order valence-electron chi connectivity index (χ3n) is 15.3. The quantitative estimate of drug-likeness (QED) is 0.140. The molecule has 1 aliphatic carbocycles. The molecule has 0 fully saturated rings. The normalized spacial score (nSPS) is 12.8. The number of benzene rings is 12. The summed E-state index contributed by atoms with van der Waals surface area (Å²) in [7, 11) is 0. The van der Waals surface area contributed by atoms with Crippen LogP contribution in [0.3, 0.4) is 0 Å². The summed E-state index contributed by atoms with van der Waals surface area (Å²) >= 11 is 0. The largest absolute Gasteiger partial charge is 0.309 e. The Labute approximate surface area is 414 Å². The first-order valence-corrected chi connectivity index (χ1v) is 24.8. The zero-order chi connectivity index (χ0) is 46.9. The Hall–Kier alpha value is -9.04. The number of fused-ring (bicyclic) bond motifs is 7. The molecule has 0 atom stereocenters. The van der Waals surface area contributed by atoms with E-state index in [1.165, 1.54) is 121 Å². The van der Waals surface area contributed by atoms with Crippen molar-refractivity contribution in [1.82, 2.24) is 4.57 Å². The van der Waals surface area contributed by atoms with Crippen LogP contribution in [0.15, 0.2) is 273 Å². The first kappa shape index (κ1) is 41.0. The van der Waals surface area contributed by atoms with Crippen molar-refractivity contribution in [2.24, 2.45) is 0 Å². The van der Waals surface area contributed by atoms with E-state index in [-0.39, 0.29) is 0 Å². The molecule has 13 aromatic rings. The number of hydrogen-bond acceptors (Lipinski definition) is 0. The number of hydrogen-bond donors (Lipinski definition) is 0. The molecule has 0 saturated heterocycles. The van der Waals surface area contributed by atoms with Crippen molar-refractivity contribution < 1.29 is 0 Å². The predicted molar refractivity (Wildman–Crippen MR) is 299 cm³/mol. The molecular weight excluding hydrogens is 855 g/mol. The maximum Gasteiger partial charge on any atom is 0.0707 e. The Kier molecular flexibility index (Phi) is 9.57. The molecule has 1 nitrogen and oxygen atoms in total. The predicted octanol–water partition coefficient (Wildman–Crippen LogP) is 18.0. The van der Waals surface area contributed by atoms with Crippen LogP contribution in [0.1, 0.15) is 33.4 Å². The van der Waals surface area contributed by atoms with E-state index in [9.17, 15) is 0 Å². The highest BCUT2D eigenvalue weighted by Gasteiger charge is 2.43. The molecule has 71 heavy (non-hydrogen) atoms. The van der Waals surface area contributed by atoms with Crippen LogP contribution in [0, 0.1) is 0 Å². The standard InChI is InChI=1S/C70H47N/c1-4-19-47(20-5-1)68-59-29-11-13-31-61(59)69(62-32-14-12-30-60(62)68)48-37-40-57(41-38-48)71-66-34-17-15-28-58(66)63-45-51(39-42-67(63)71)49-22-18-23-50(43-49)52-35-36-54-44-53-21-10-16-33-64(53)70(65(54)46-52,55-24-6-2-7-25-55)56-26-8-3-9-27-56/h1-43,45-46H,44H2. The number of rotatable bonds is 7. The average molecular weight is 902 g/mol. The van der Waals surface area contributed by atoms with Crippen molar-refractivity contribution in [2.45, 2.75) is 11.8 Å². The number of para-hydroxylation sites is 1. The fraction of sp³-hybridized carbons (Fsp3) is 0.0286. The van der Waals surface area contributed by atoms with E-state index in [4.69, 9.17) is 0 Å². The monoisotopic (exact) mass is 901 g/mol. The lowest BCUT2D eigenvalue weighted by atomic mass is 9.59. The SMILES string of the molecule is c1ccc(-c2c3ccccc3c(-c3ccc(-n4c5ccccc5c5cc(-c6cccc(-c7ccc8c(c7)C(c7ccccc7)(c7ccccc7)c7ccccc7C8)c6)ccc54)cc3)c3ccccc23)cc1. The van der Waals surface area contributed by atoms with Gasteiger partial charge in [-0.15, -0.1) is 0 Å². The van der Waals surface area contributed by atoms with Gasteiger partial charge in [0.15, 0.2) is 0 Å². The van der Waals surface area contributed by atoms with Crippen LogP contribution < -0.4 is 0 Å². The Morgan fingerprint density at radius 2 is 0.704 bits per heavy atom. The summed E-state index contributed by atoms with van der Waals surface area (Å²) in [6.45, 7) is 0. The first-order chi connectivity index (χ1) is 35.2. The summed E-state index contributed by atoms with van der Waals surface area (Å²) in [6, 6.07) is 101. The summed E-state index contributed by atoms with van der Waals surface area (Å²) < 4.78 is 2.43. The lowest BCUT2D eigenvalue weighted by molar-refractivity contribution is 0.703. The van der Waals surface area contributed by atoms with Crippen LogP contribution in [0.4, 0.5) is 0 Å². The van der Waals surface area contributed by atoms with Gasteiger partial charge in [-0.1, -0.05) is 231 Å². The molecule has 0 saturated carbocycles. The van der Waals surface area contributed by atoms with Gasteiger partial charge >= 0.3 is 0 Å². The molecule has 0 aliphatic heterocycles. The van der Waals surface area contributed by atoms with Gasteiger partial charge in [0.05, 0.1) is 16.4 Å². The molecule has 0 unspecified atom stereocenters. The molecule has 0 amide bonds. The number of nitrogens with zero attached hydrogens (tertiary/aromatic N) is 1. The van der Waals surface area contributed by atoms with E-state index in [1.807, 2.05) is 0 Å². The molecule has 1 aromatic heterocycles. The molecule has 332 valence electrons. The highest BCUT2D eigenvalue weighted by Crippen LogP contribution is 2.52. The molecule has 0 radical (unpaired) electrons. The fourth-order valence-corrected chi connectivity index (χ4v) is 12.3. The topological polar surface area (TPSA) is 4.93 Å². The van der Waals surface area contributed by atoms with Gasteiger partial charge in [-0.25, -0.2) is 0 Å². The zero-order valence-corrected chi connectivity index (χ0v) is 39.1. The molecule has 1 heterocycles. The Morgan fingerprint density at radius 1 is 0.268 bits per heavy atom. The first-order valence-electron chi connectivity index (χ1n) is 24.8. The molecular formula is C70H47N. The van der Waals surface area contributed by atoms with Crippen LogP contribution in [-0.4, -0.2) is 4.57 Å². The van der Waals surface area contributed by atoms with E-state index < -0.39 is 5.41 Å². The Morgan fingerprint density at radius 3 is 1.34 bits per heavy atom. The summed E-state index contributed by atoms with van der Waals surface area (Å²) in [4.78, 5) is 0. The van der Waals surface area contributed by atoms with E-state index in [0.29, 0.717) is 0 Å². The molecule has 1 aliphatic rings. The third kappa shape index (κ3) is 6.47. The van der Waals surface area contributed by atoms with Gasteiger partial charge in [0, 0.05) is 16.5 Å². The third-order valence-corrected chi connectivity index (χ3v) is 15.3. The second kappa shape index (κ2) is 16.6. The van der Waals surface area contributed by atoms with Gasteiger partial charge in [0.2, 0.25) is 0 Å². The lowest BCUT2D eigenvalue weighted by Gasteiger charge is -2.42. The van der Waals surface area contributed by atoms with E-state index >= 15 is 0 Å². The summed E-state index contributed by atoms with van der Waals surface area (Å²) in [6.07, 6.45) is 0.905. The van der Waals surface area contributed by atoms with Gasteiger partial charge in [0.1, 0.15) is 0 Å². The molecule has 1 heteroatoms. The van der Waals surface area contributed by atoms with Crippen LogP contribution >= 0.6 is 0 Å². The van der Waals surface area contributed by atoms with Crippen LogP contribution in [-0.2, 0) is 11.8 Å². The molecule has 12 aromatic carbocycles. The van der Waals surface area contributed by atoms with Crippen molar-refractivity contribution in [3.8, 4) is 50.2 Å². The minimum absolute atomic E-state index is 0.462. The van der Waals surface area contributed by atoms with Gasteiger partial charge in [-0.3, -0.25) is 0 Å². The minimum atomic E-state index is -0.462. The van der Waals surface area contributed by atoms with Gasteiger partial charge < -0.3 is 4.57 Å². The highest BCUT2D eigenvalue weighted by atomic mass is 15.0. The Bertz CT molecular complexity index is 4070. The smallest absolute Gasteiger partial charge is 0.0707 e. The van der Waals surface area contributed by atoms with E-state index in [0.717, 1.165) is 12.1 Å². The second-order valence-electron chi connectivity index (χ2n) is 19.1. The van der Waals surface area contributed by atoms with E-state index in [1.54, 1.807) is 0 Å². The van der Waals surface area contributed by atoms with Crippen molar-refractivity contribution in [3.63, 3.8) is 0 Å². The summed E-state index contributed by atoms with van der Waals surface area (Å²) in [5.41, 5.74) is 20.9. The average Bonchev–Trinajstić information content (AvgIpc) is 3.78. The summed E-state index contributed by atoms with van der Waals surface area (Å²) in [5, 5.41) is 7.53. The fourth-order valence-electron chi connectivity index (χ4n) is 12.3. The lowest BCUT2D eigenvalue weighted by Crippen LogP contribution is -2.36. The summed E-state index contributed by atoms with van der Waals surface area (Å²) in [5.74, 6) is 0. The van der Waals surface area contributed by atoms with Crippen molar-refractivity contribution >= 4 is 43.4 Å². The van der Waals surface area contributed by atoms with Gasteiger partial charge in [-0.05, 0) is 148 Å². The molecule has 14 rings (SSSR count). The molecule has 0 spiro atoms. The highest BCUT2D eigenvalue weighted by molar-refractivity contribution is 6.21. The van der Waals surface area contributed by atoms with Crippen LogP contribution in [0.5, 0.6) is 0 Å². The van der Waals surface area contributed by atoms with Gasteiger partial charge in [0.25, 0.3) is 0 Å². The van der Waals surface area contributed by atoms with Crippen molar-refractivity contribution in [1.29, 1.82) is 0 Å². The second-order valence-corrected chi connectivity index (χ2v) is 19.1. The minimum Gasteiger partial charge on any atom is -0.309 e. The van der Waals surface area contributed by atoms with E-state index in [2.05, 4.69) is 278 Å². The van der Waals surface area contributed by atoms with Crippen LogP contribution in [0.2, 0.25) is 0 Å². The maximum absolute atomic E-state index is 2.48. The Balaban J connectivity index is 0.864. The van der Waals surface area contributed by atoms with Crippen molar-refractivity contribution in [3.05, 3.63) is 306 Å². The zero-order valence-electron chi connectivity index (χ0n) is 39.1. The molecule has 0 N–H and O–H groups in total. The van der Waals surface area contributed by atoms with Gasteiger partial charge in [-0.2, -0.15) is 0 Å².